The van der Waals surface area contributed by atoms with Gasteiger partial charge in [-0.25, -0.2) is 0 Å². The number of nitrogens with zero attached hydrogens (tertiary/aromatic N) is 3. The van der Waals surface area contributed by atoms with Crippen molar-refractivity contribution in [1.82, 2.24) is 10.6 Å². The highest BCUT2D eigenvalue weighted by Gasteiger charge is 2.66. The lowest BCUT2D eigenvalue weighted by Crippen LogP contribution is -2.59. The molecule has 3 fully saturated rings. The Hall–Kier alpha value is -5.75. The number of carbonyl (C=O) groups is 8. The number of allylic oxidation sites excluding steroid dienone is 4. The predicted octanol–water partition coefficient (Wildman–Crippen LogP) is 2.68. The van der Waals surface area contributed by atoms with Gasteiger partial charge in [-0.15, -0.1) is 0 Å². The van der Waals surface area contributed by atoms with Crippen LogP contribution in [0.2, 0.25) is 0 Å². The van der Waals surface area contributed by atoms with Gasteiger partial charge in [0.1, 0.15) is 5.66 Å². The van der Waals surface area contributed by atoms with Gasteiger partial charge in [-0.2, -0.15) is 0 Å². The van der Waals surface area contributed by atoms with Gasteiger partial charge in [0.2, 0.25) is 11.8 Å². The summed E-state index contributed by atoms with van der Waals surface area (Å²) in [7, 11) is 5.14. The maximum atomic E-state index is 14.4. The number of esters is 4. The molecule has 1 aliphatic carbocycles. The molecule has 7 aliphatic rings. The second-order valence-electron chi connectivity index (χ2n) is 19.1. The second-order valence-corrected chi connectivity index (χ2v) is 19.1. The van der Waals surface area contributed by atoms with E-state index < -0.39 is 99.8 Å². The van der Waals surface area contributed by atoms with Crippen LogP contribution in [0.5, 0.6) is 0 Å². The van der Waals surface area contributed by atoms with Crippen molar-refractivity contribution in [1.29, 1.82) is 0 Å². The van der Waals surface area contributed by atoms with Crippen LogP contribution in [0, 0.1) is 46.3 Å². The van der Waals surface area contributed by atoms with Gasteiger partial charge in [-0.05, 0) is 37.7 Å². The minimum atomic E-state index is -1.23. The van der Waals surface area contributed by atoms with Gasteiger partial charge in [-0.1, -0.05) is 13.8 Å². The van der Waals surface area contributed by atoms with E-state index in [1.165, 1.54) is 28.4 Å². The quantitative estimate of drug-likeness (QED) is 0.136. The Bertz CT molecular complexity index is 2230. The summed E-state index contributed by atoms with van der Waals surface area (Å²) < 4.78 is 20.5. The van der Waals surface area contributed by atoms with Crippen LogP contribution >= 0.6 is 0 Å². The number of carbonyl (C=O) groups excluding carboxylic acids is 7. The summed E-state index contributed by atoms with van der Waals surface area (Å²) in [5.41, 5.74) is 5.31. The lowest BCUT2D eigenvalue weighted by molar-refractivity contribution is -0.142. The third kappa shape index (κ3) is 8.62. The molecule has 6 aliphatic heterocycles. The molecule has 65 heavy (non-hydrogen) atoms. The van der Waals surface area contributed by atoms with Crippen LogP contribution in [-0.2, 0) is 57.3 Å². The molecule has 0 radical (unpaired) electrons. The van der Waals surface area contributed by atoms with Crippen LogP contribution in [0.15, 0.2) is 38.0 Å². The van der Waals surface area contributed by atoms with E-state index in [1.807, 2.05) is 13.8 Å². The van der Waals surface area contributed by atoms with Gasteiger partial charge in [-0.3, -0.25) is 53.3 Å². The number of aliphatic carboxylic acids is 1. The smallest absolute Gasteiger partial charge is 0.306 e. The lowest BCUT2D eigenvalue weighted by Gasteiger charge is -2.42. The molecule has 19 heteroatoms. The van der Waals surface area contributed by atoms with E-state index in [4.69, 9.17) is 39.7 Å². The third-order valence-corrected chi connectivity index (χ3v) is 15.7. The standard InChI is InChI=1S/C46H60N6O13/c1-44(20-34(47)54)26(9-13-37(58)62-3)31-19-46-45(2,21-35(55)52-46)27(10-14-38(59)63-4)30(51-46)17-28-24(15-39(60)64-5)23(8-12-36(56)57)43(49-28)41-32(53)11-7-22-25(16-40(61)65-6)29(50-42(22)41)18-33(44)48-31/h17,22-27,29,31,51H,7-16,18-21H2,1-6H3,(H2,47,54)(H,52,55)(H,56,57)/b30-17?,43-41-/t22-,23-,24-,25-,26+,27+,29+,31-,44-,45-,46-/m0/s1. The van der Waals surface area contributed by atoms with Gasteiger partial charge < -0.3 is 40.4 Å². The van der Waals surface area contributed by atoms with Crippen molar-refractivity contribution in [3.8, 4) is 0 Å². The number of Topliss-reactive ketones (excluding diaryl/α,β-unsaturated/α-hetero) is 1. The highest BCUT2D eigenvalue weighted by Crippen LogP contribution is 2.59. The molecule has 352 valence electrons. The van der Waals surface area contributed by atoms with Crippen molar-refractivity contribution in [2.45, 2.75) is 121 Å². The number of hydrogen-bond donors (Lipinski definition) is 4. The van der Waals surface area contributed by atoms with E-state index in [9.17, 15) is 43.5 Å². The summed E-state index contributed by atoms with van der Waals surface area (Å²) in [6, 6.07) is -1.29. The molecule has 0 unspecified atom stereocenters. The Morgan fingerprint density at radius 1 is 0.831 bits per heavy atom. The highest BCUT2D eigenvalue weighted by atomic mass is 16.5. The summed E-state index contributed by atoms with van der Waals surface area (Å²) in [6.45, 7) is 3.85. The van der Waals surface area contributed by atoms with E-state index in [0.717, 1.165) is 0 Å². The van der Waals surface area contributed by atoms with Gasteiger partial charge in [0.05, 0.1) is 70.3 Å². The number of amides is 2. The van der Waals surface area contributed by atoms with Crippen molar-refractivity contribution >= 4 is 64.6 Å². The number of ketones is 1. The number of aliphatic imine (C=N–C) groups is 3. The molecule has 2 saturated heterocycles. The van der Waals surface area contributed by atoms with Gasteiger partial charge in [0, 0.05) is 109 Å². The molecule has 1 saturated carbocycles. The summed E-state index contributed by atoms with van der Waals surface area (Å²) in [4.78, 5) is 122. The SMILES string of the molecule is COC(=O)CC[C@@H]1C2=CC3=N/C(=C4/C(=O)CC[C@@H]5C4=N[C@H](CC4=N[C@@H](C[C@@]6(NC(=O)C[C@@]16C)N2)[C@@H](CCC(=O)OC)[C@]4(C)CC(N)=O)[C@H]5CC(=O)OC)[C@@H](CCC(=O)O)[C@@H]3CC(=O)OC. The number of carboxylic acid groups (broad SMARTS) is 1. The number of methoxy groups -OCH3 is 4. The molecule has 19 nitrogen and oxygen atoms in total. The number of primary amides is 1. The Labute approximate surface area is 376 Å². The fraction of sp³-hybridized carbons (Fsp3) is 0.674. The van der Waals surface area contributed by atoms with Crippen LogP contribution < -0.4 is 16.4 Å². The van der Waals surface area contributed by atoms with E-state index in [0.29, 0.717) is 34.9 Å². The van der Waals surface area contributed by atoms with Gasteiger partial charge >= 0.3 is 29.8 Å². The normalized spacial score (nSPS) is 35.4. The minimum absolute atomic E-state index is 0.00591. The number of carboxylic acids is 1. The lowest BCUT2D eigenvalue weighted by atomic mass is 9.63. The number of nitrogens with two attached hydrogens (primary N) is 1. The second kappa shape index (κ2) is 18.3. The minimum Gasteiger partial charge on any atom is -0.481 e. The summed E-state index contributed by atoms with van der Waals surface area (Å²) in [5, 5.41) is 16.9. The molecule has 11 atom stereocenters. The van der Waals surface area contributed by atoms with E-state index in [1.54, 1.807) is 6.08 Å². The maximum Gasteiger partial charge on any atom is 0.306 e. The Balaban J connectivity index is 1.52. The largest absolute Gasteiger partial charge is 0.481 e. The molecule has 5 N–H and O–H groups in total. The van der Waals surface area contributed by atoms with Crippen molar-refractivity contribution in [2.75, 3.05) is 28.4 Å². The van der Waals surface area contributed by atoms with Gasteiger partial charge in [0.25, 0.3) is 0 Å². The first-order valence-corrected chi connectivity index (χ1v) is 22.4. The van der Waals surface area contributed by atoms with Crippen molar-refractivity contribution in [2.24, 2.45) is 67.0 Å². The van der Waals surface area contributed by atoms with Crippen LogP contribution in [-0.4, -0.2) is 116 Å². The Kier molecular flexibility index (Phi) is 13.3. The van der Waals surface area contributed by atoms with Crippen LogP contribution in [0.3, 0.4) is 0 Å². The molecular formula is C46H60N6O13. The van der Waals surface area contributed by atoms with E-state index >= 15 is 0 Å². The zero-order chi connectivity index (χ0) is 47.2. The predicted molar refractivity (Wildman–Crippen MR) is 231 cm³/mol. The molecule has 7 rings (SSSR count). The molecule has 8 bridgehead atoms. The fourth-order valence-electron chi connectivity index (χ4n) is 12.4. The van der Waals surface area contributed by atoms with Crippen LogP contribution in [0.4, 0.5) is 0 Å². The first kappa shape index (κ1) is 47.2. The number of nitrogens with one attached hydrogen (secondary N) is 2. The first-order chi connectivity index (χ1) is 30.8. The zero-order valence-electron chi connectivity index (χ0n) is 37.9. The molecule has 0 aromatic carbocycles. The van der Waals surface area contributed by atoms with E-state index in [2.05, 4.69) is 10.6 Å². The average Bonchev–Trinajstić information content (AvgIpc) is 3.95. The molecule has 0 aromatic rings. The van der Waals surface area contributed by atoms with Crippen molar-refractivity contribution in [3.63, 3.8) is 0 Å². The number of fused-ring (bicyclic) bond motifs is 4. The Morgan fingerprint density at radius 2 is 1.49 bits per heavy atom. The third-order valence-electron chi connectivity index (χ3n) is 15.7. The summed E-state index contributed by atoms with van der Waals surface area (Å²) >= 11 is 0. The topological polar surface area (TPSA) is 281 Å². The average molecular weight is 905 g/mol. The molecular weight excluding hydrogens is 845 g/mol. The van der Waals surface area contributed by atoms with Crippen LogP contribution in [0.1, 0.15) is 104 Å². The number of rotatable bonds is 15. The summed E-state index contributed by atoms with van der Waals surface area (Å²) in [5.74, 6) is -7.62. The van der Waals surface area contributed by atoms with Crippen molar-refractivity contribution in [3.05, 3.63) is 23.0 Å². The van der Waals surface area contributed by atoms with Crippen molar-refractivity contribution < 1.29 is 62.4 Å². The number of hydrogen-bond acceptors (Lipinski definition) is 16. The Morgan fingerprint density at radius 3 is 2.14 bits per heavy atom. The monoisotopic (exact) mass is 904 g/mol. The highest BCUT2D eigenvalue weighted by molar-refractivity contribution is 6.26. The zero-order valence-corrected chi connectivity index (χ0v) is 37.9. The maximum absolute atomic E-state index is 14.4. The first-order valence-electron chi connectivity index (χ1n) is 22.4. The van der Waals surface area contributed by atoms with Gasteiger partial charge in [0.15, 0.2) is 5.78 Å². The number of ether oxygens (including phenoxy) is 4. The molecule has 0 aromatic heterocycles. The van der Waals surface area contributed by atoms with Crippen LogP contribution in [0.25, 0.3) is 0 Å². The molecule has 1 spiro atoms. The fourth-order valence-corrected chi connectivity index (χ4v) is 12.4. The summed E-state index contributed by atoms with van der Waals surface area (Å²) in [6.07, 6.45) is 2.35. The van der Waals surface area contributed by atoms with E-state index in [-0.39, 0.29) is 101 Å². The molecule has 6 heterocycles. The molecule has 2 amide bonds.